The lowest BCUT2D eigenvalue weighted by Gasteiger charge is -2.26. The van der Waals surface area contributed by atoms with E-state index >= 15 is 0 Å². The summed E-state index contributed by atoms with van der Waals surface area (Å²) < 4.78 is 0. The molecule has 2 aromatic rings. The summed E-state index contributed by atoms with van der Waals surface area (Å²) in [5.41, 5.74) is 6.64. The molecule has 2 heterocycles. The number of hydrogen-bond donors (Lipinski definition) is 3. The molecule has 1 aliphatic rings. The third-order valence-corrected chi connectivity index (χ3v) is 4.57. The van der Waals surface area contributed by atoms with Crippen molar-refractivity contribution >= 4 is 17.5 Å². The molecule has 2 aromatic heterocycles. The molecule has 0 saturated heterocycles. The second-order valence-corrected chi connectivity index (χ2v) is 6.52. The van der Waals surface area contributed by atoms with Gasteiger partial charge in [0.1, 0.15) is 6.20 Å². The predicted octanol–water partition coefficient (Wildman–Crippen LogP) is 2.32. The van der Waals surface area contributed by atoms with E-state index < -0.39 is 4.92 Å². The number of nitrogens with two attached hydrogens (primary N) is 1. The quantitative estimate of drug-likeness (QED) is 0.508. The lowest BCUT2D eigenvalue weighted by molar-refractivity contribution is -0.384. The minimum atomic E-state index is -0.471. The van der Waals surface area contributed by atoms with Gasteiger partial charge in [-0.25, -0.2) is 4.98 Å². The zero-order valence-corrected chi connectivity index (χ0v) is 14.5. The Hall–Kier alpha value is -2.81. The summed E-state index contributed by atoms with van der Waals surface area (Å²) >= 11 is 0. The van der Waals surface area contributed by atoms with Crippen LogP contribution in [0.2, 0.25) is 0 Å². The molecule has 3 rings (SSSR count). The molecule has 138 valence electrons. The summed E-state index contributed by atoms with van der Waals surface area (Å²) in [6, 6.07) is 5.89. The van der Waals surface area contributed by atoms with Crippen molar-refractivity contribution in [1.82, 2.24) is 15.0 Å². The minimum Gasteiger partial charge on any atom is -0.364 e. The largest absolute Gasteiger partial charge is 0.364 e. The van der Waals surface area contributed by atoms with Gasteiger partial charge in [-0.3, -0.25) is 15.1 Å². The standard InChI is InChI=1S/C17H23N7O2/c18-13-6-4-12(5-7-13)9-20-16-15(24(25)26)11-22-17(23-16)21-10-14-3-1-2-8-19-14/h1-3,8,11-13H,4-7,9-10,18H2,(H2,20,21,22,23). The average Bonchev–Trinajstić information content (AvgIpc) is 2.66. The predicted molar refractivity (Wildman–Crippen MR) is 98.7 cm³/mol. The lowest BCUT2D eigenvalue weighted by atomic mass is 9.86. The van der Waals surface area contributed by atoms with Gasteiger partial charge in [-0.05, 0) is 43.7 Å². The van der Waals surface area contributed by atoms with Gasteiger partial charge in [-0.1, -0.05) is 6.07 Å². The van der Waals surface area contributed by atoms with Crippen LogP contribution < -0.4 is 16.4 Å². The molecule has 0 amide bonds. The van der Waals surface area contributed by atoms with Crippen molar-refractivity contribution in [2.45, 2.75) is 38.3 Å². The van der Waals surface area contributed by atoms with Crippen LogP contribution in [-0.4, -0.2) is 32.5 Å². The van der Waals surface area contributed by atoms with Gasteiger partial charge in [-0.2, -0.15) is 4.98 Å². The Morgan fingerprint density at radius 2 is 2.00 bits per heavy atom. The van der Waals surface area contributed by atoms with Crippen LogP contribution in [0.3, 0.4) is 0 Å². The first-order valence-electron chi connectivity index (χ1n) is 8.76. The molecular formula is C17H23N7O2. The summed E-state index contributed by atoms with van der Waals surface area (Å²) in [7, 11) is 0. The average molecular weight is 357 g/mol. The molecule has 26 heavy (non-hydrogen) atoms. The number of rotatable bonds is 7. The third-order valence-electron chi connectivity index (χ3n) is 4.57. The monoisotopic (exact) mass is 357 g/mol. The van der Waals surface area contributed by atoms with E-state index in [1.54, 1.807) is 6.20 Å². The van der Waals surface area contributed by atoms with E-state index in [4.69, 9.17) is 5.73 Å². The molecule has 9 heteroatoms. The van der Waals surface area contributed by atoms with Gasteiger partial charge in [-0.15, -0.1) is 0 Å². The van der Waals surface area contributed by atoms with E-state index in [1.165, 1.54) is 6.20 Å². The van der Waals surface area contributed by atoms with Crippen LogP contribution in [0.4, 0.5) is 17.5 Å². The molecule has 0 spiro atoms. The fourth-order valence-corrected chi connectivity index (χ4v) is 3.03. The van der Waals surface area contributed by atoms with Gasteiger partial charge in [0, 0.05) is 18.8 Å². The fourth-order valence-electron chi connectivity index (χ4n) is 3.03. The summed E-state index contributed by atoms with van der Waals surface area (Å²) in [6.45, 7) is 1.09. The molecule has 0 atom stereocenters. The van der Waals surface area contributed by atoms with Crippen LogP contribution in [0.15, 0.2) is 30.6 Å². The Kier molecular flexibility index (Phi) is 5.90. The van der Waals surface area contributed by atoms with Gasteiger partial charge in [0.05, 0.1) is 17.2 Å². The minimum absolute atomic E-state index is 0.124. The van der Waals surface area contributed by atoms with E-state index in [2.05, 4.69) is 25.6 Å². The molecule has 4 N–H and O–H groups in total. The van der Waals surface area contributed by atoms with Crippen molar-refractivity contribution in [3.05, 3.63) is 46.4 Å². The molecule has 9 nitrogen and oxygen atoms in total. The smallest absolute Gasteiger partial charge is 0.329 e. The Morgan fingerprint density at radius 1 is 1.19 bits per heavy atom. The Labute approximate surface area is 151 Å². The first kappa shape index (κ1) is 18.0. The van der Waals surface area contributed by atoms with E-state index in [-0.39, 0.29) is 17.5 Å². The highest BCUT2D eigenvalue weighted by Gasteiger charge is 2.21. The maximum Gasteiger partial charge on any atom is 0.329 e. The highest BCUT2D eigenvalue weighted by Crippen LogP contribution is 2.26. The number of hydrogen-bond acceptors (Lipinski definition) is 8. The van der Waals surface area contributed by atoms with Crippen molar-refractivity contribution < 1.29 is 4.92 Å². The zero-order valence-electron chi connectivity index (χ0n) is 14.5. The summed E-state index contributed by atoms with van der Waals surface area (Å²) in [5.74, 6) is 1.02. The number of nitrogens with one attached hydrogen (secondary N) is 2. The van der Waals surface area contributed by atoms with Gasteiger partial charge in [0.15, 0.2) is 0 Å². The molecule has 0 unspecified atom stereocenters. The Balaban J connectivity index is 1.65. The van der Waals surface area contributed by atoms with Crippen molar-refractivity contribution in [3.8, 4) is 0 Å². The van der Waals surface area contributed by atoms with Crippen LogP contribution in [-0.2, 0) is 6.54 Å². The Bertz CT molecular complexity index is 733. The summed E-state index contributed by atoms with van der Waals surface area (Å²) in [4.78, 5) is 23.3. The first-order chi connectivity index (χ1) is 12.6. The number of pyridine rings is 1. The summed E-state index contributed by atoms with van der Waals surface area (Å²) in [5, 5.41) is 17.4. The third kappa shape index (κ3) is 4.85. The zero-order chi connectivity index (χ0) is 18.4. The molecule has 1 aliphatic carbocycles. The van der Waals surface area contributed by atoms with Crippen molar-refractivity contribution in [1.29, 1.82) is 0 Å². The second-order valence-electron chi connectivity index (χ2n) is 6.52. The van der Waals surface area contributed by atoms with Crippen LogP contribution in [0.5, 0.6) is 0 Å². The van der Waals surface area contributed by atoms with Crippen LogP contribution >= 0.6 is 0 Å². The van der Waals surface area contributed by atoms with E-state index in [9.17, 15) is 10.1 Å². The van der Waals surface area contributed by atoms with Gasteiger partial charge in [0.25, 0.3) is 0 Å². The number of nitro groups is 1. The topological polar surface area (TPSA) is 132 Å². The van der Waals surface area contributed by atoms with Crippen molar-refractivity contribution in [3.63, 3.8) is 0 Å². The molecule has 0 aliphatic heterocycles. The SMILES string of the molecule is NC1CCC(CNc2nc(NCc3ccccn3)ncc2[N+](=O)[O-])CC1. The number of anilines is 2. The number of nitrogens with zero attached hydrogens (tertiary/aromatic N) is 4. The second kappa shape index (κ2) is 8.52. The highest BCUT2D eigenvalue weighted by molar-refractivity contribution is 5.57. The number of aromatic nitrogens is 3. The fraction of sp³-hybridized carbons (Fsp3) is 0.471. The molecule has 0 radical (unpaired) electrons. The van der Waals surface area contributed by atoms with Gasteiger partial charge < -0.3 is 16.4 Å². The van der Waals surface area contributed by atoms with Crippen LogP contribution in [0.1, 0.15) is 31.4 Å². The molecular weight excluding hydrogens is 334 g/mol. The maximum atomic E-state index is 11.2. The molecule has 1 fully saturated rings. The molecule has 1 saturated carbocycles. The van der Waals surface area contributed by atoms with Crippen LogP contribution in [0.25, 0.3) is 0 Å². The first-order valence-corrected chi connectivity index (χ1v) is 8.76. The Morgan fingerprint density at radius 3 is 2.69 bits per heavy atom. The van der Waals surface area contributed by atoms with E-state index in [1.807, 2.05) is 18.2 Å². The highest BCUT2D eigenvalue weighted by atomic mass is 16.6. The van der Waals surface area contributed by atoms with Gasteiger partial charge in [0.2, 0.25) is 11.8 Å². The summed E-state index contributed by atoms with van der Waals surface area (Å²) in [6.07, 6.45) is 6.98. The molecule has 0 bridgehead atoms. The van der Waals surface area contributed by atoms with E-state index in [0.29, 0.717) is 25.0 Å². The maximum absolute atomic E-state index is 11.2. The normalized spacial score (nSPS) is 19.7. The lowest BCUT2D eigenvalue weighted by Crippen LogP contribution is -2.29. The van der Waals surface area contributed by atoms with Crippen molar-refractivity contribution in [2.75, 3.05) is 17.2 Å². The van der Waals surface area contributed by atoms with Crippen molar-refractivity contribution in [2.24, 2.45) is 11.7 Å². The van der Waals surface area contributed by atoms with Gasteiger partial charge >= 0.3 is 5.69 Å². The van der Waals surface area contributed by atoms with Crippen LogP contribution in [0, 0.1) is 16.0 Å². The molecule has 0 aromatic carbocycles. The van der Waals surface area contributed by atoms with E-state index in [0.717, 1.165) is 31.4 Å².